The van der Waals surface area contributed by atoms with Crippen molar-refractivity contribution in [1.29, 1.82) is 0 Å². The van der Waals surface area contributed by atoms with Crippen LogP contribution in [0.2, 0.25) is 0 Å². The Kier molecular flexibility index (Phi) is 6.77. The van der Waals surface area contributed by atoms with Crippen LogP contribution in [0.5, 0.6) is 0 Å². The molecule has 0 bridgehead atoms. The van der Waals surface area contributed by atoms with E-state index in [0.29, 0.717) is 13.8 Å². The third kappa shape index (κ3) is 4.64. The van der Waals surface area contributed by atoms with E-state index in [2.05, 4.69) is 6.58 Å². The number of anilines is 1. The Hall–Kier alpha value is -2.90. The number of aromatic nitrogens is 1. The number of hydrogen-bond acceptors (Lipinski definition) is 4. The standard InChI is InChI=1S/C25H25BN2O2S2/c1-3-21(26-25-27-23(18-31-25)19-11-6-5-7-12-19)17-22(4-2)32(29,30)28-16-10-14-20-13-8-9-15-24(20)28/h3-9,11-13,15,17-18,26H,2,10,14,16H2,1H3/b21-3+,22-17+. The van der Waals surface area contributed by atoms with Gasteiger partial charge in [-0.25, -0.2) is 8.42 Å². The maximum atomic E-state index is 13.5. The Morgan fingerprint density at radius 3 is 2.66 bits per heavy atom. The van der Waals surface area contributed by atoms with Crippen molar-refractivity contribution in [2.24, 2.45) is 0 Å². The van der Waals surface area contributed by atoms with Crippen LogP contribution < -0.4 is 9.21 Å². The summed E-state index contributed by atoms with van der Waals surface area (Å²) in [6.07, 6.45) is 6.80. The summed E-state index contributed by atoms with van der Waals surface area (Å²) in [4.78, 5) is 5.90. The van der Waals surface area contributed by atoms with Gasteiger partial charge in [0.1, 0.15) is 0 Å². The molecule has 0 saturated heterocycles. The van der Waals surface area contributed by atoms with Gasteiger partial charge in [-0.1, -0.05) is 66.7 Å². The van der Waals surface area contributed by atoms with E-state index >= 15 is 0 Å². The molecule has 162 valence electrons. The minimum absolute atomic E-state index is 0.210. The van der Waals surface area contributed by atoms with Crippen LogP contribution in [-0.2, 0) is 16.4 Å². The van der Waals surface area contributed by atoms with Crippen molar-refractivity contribution < 1.29 is 8.42 Å². The van der Waals surface area contributed by atoms with Crippen LogP contribution >= 0.6 is 11.3 Å². The van der Waals surface area contributed by atoms with Gasteiger partial charge in [-0.05, 0) is 43.5 Å². The number of thiazole rings is 1. The van der Waals surface area contributed by atoms with E-state index in [0.717, 1.165) is 45.7 Å². The molecule has 0 unspecified atom stereocenters. The molecule has 1 aromatic heterocycles. The number of para-hydroxylation sites is 1. The number of fused-ring (bicyclic) bond motifs is 1. The summed E-state index contributed by atoms with van der Waals surface area (Å²) in [6, 6.07) is 17.8. The predicted molar refractivity (Wildman–Crippen MR) is 137 cm³/mol. The molecule has 0 aliphatic carbocycles. The number of benzene rings is 2. The first-order chi connectivity index (χ1) is 15.5. The first kappa shape index (κ1) is 22.3. The molecular weight excluding hydrogens is 435 g/mol. The Morgan fingerprint density at radius 1 is 1.16 bits per heavy atom. The lowest BCUT2D eigenvalue weighted by atomic mass is 9.70. The van der Waals surface area contributed by atoms with Gasteiger partial charge in [0.2, 0.25) is 7.28 Å². The molecule has 0 radical (unpaired) electrons. The molecule has 2 aromatic carbocycles. The number of aryl methyl sites for hydroxylation is 1. The van der Waals surface area contributed by atoms with Crippen molar-refractivity contribution in [2.75, 3.05) is 10.8 Å². The molecule has 7 heteroatoms. The van der Waals surface area contributed by atoms with Crippen LogP contribution in [0.25, 0.3) is 11.3 Å². The van der Waals surface area contributed by atoms with E-state index in [1.165, 1.54) is 10.4 Å². The fourth-order valence-electron chi connectivity index (χ4n) is 3.84. The second-order valence-corrected chi connectivity index (χ2v) is 10.4. The minimum Gasteiger partial charge on any atom is -0.266 e. The van der Waals surface area contributed by atoms with Crippen LogP contribution in [0.4, 0.5) is 5.69 Å². The first-order valence-corrected chi connectivity index (χ1v) is 12.9. The van der Waals surface area contributed by atoms with Crippen molar-refractivity contribution in [3.05, 3.63) is 101 Å². The van der Waals surface area contributed by atoms with Crippen molar-refractivity contribution in [3.63, 3.8) is 0 Å². The molecule has 1 aliphatic heterocycles. The van der Waals surface area contributed by atoms with Crippen LogP contribution in [0, 0.1) is 0 Å². The molecule has 2 heterocycles. The monoisotopic (exact) mass is 460 g/mol. The summed E-state index contributed by atoms with van der Waals surface area (Å²) in [5.41, 5.74) is 4.73. The number of sulfonamides is 1. The van der Waals surface area contributed by atoms with Crippen LogP contribution in [0.3, 0.4) is 0 Å². The summed E-state index contributed by atoms with van der Waals surface area (Å²) in [5, 5.41) is 2.04. The third-order valence-corrected chi connectivity index (χ3v) is 8.22. The molecule has 0 spiro atoms. The smallest absolute Gasteiger partial charge is 0.264 e. The maximum absolute atomic E-state index is 13.5. The highest BCUT2D eigenvalue weighted by Gasteiger charge is 2.29. The molecule has 0 N–H and O–H groups in total. The fraction of sp³-hybridized carbons (Fsp3) is 0.160. The zero-order valence-corrected chi connectivity index (χ0v) is 19.7. The Labute approximate surface area is 194 Å². The quantitative estimate of drug-likeness (QED) is 0.382. The number of hydrogen-bond donors (Lipinski definition) is 0. The van der Waals surface area contributed by atoms with Crippen molar-refractivity contribution in [3.8, 4) is 11.3 Å². The molecule has 1 aliphatic rings. The Balaban J connectivity index is 1.60. The number of rotatable bonds is 7. The maximum Gasteiger partial charge on any atom is 0.264 e. The molecule has 32 heavy (non-hydrogen) atoms. The van der Waals surface area contributed by atoms with E-state index in [1.54, 1.807) is 17.4 Å². The van der Waals surface area contributed by atoms with Gasteiger partial charge in [0, 0.05) is 17.5 Å². The first-order valence-electron chi connectivity index (χ1n) is 10.6. The van der Waals surface area contributed by atoms with Gasteiger partial charge >= 0.3 is 0 Å². The second kappa shape index (κ2) is 9.71. The lowest BCUT2D eigenvalue weighted by molar-refractivity contribution is 0.593. The highest BCUT2D eigenvalue weighted by Crippen LogP contribution is 2.32. The zero-order valence-electron chi connectivity index (χ0n) is 18.1. The average Bonchev–Trinajstić information content (AvgIpc) is 3.30. The van der Waals surface area contributed by atoms with Gasteiger partial charge < -0.3 is 0 Å². The summed E-state index contributed by atoms with van der Waals surface area (Å²) in [7, 11) is -3.14. The van der Waals surface area contributed by atoms with Crippen molar-refractivity contribution in [1.82, 2.24) is 4.98 Å². The minimum atomic E-state index is -3.70. The molecular formula is C25H25BN2O2S2. The molecule has 0 amide bonds. The van der Waals surface area contributed by atoms with Crippen LogP contribution in [0.1, 0.15) is 18.9 Å². The van der Waals surface area contributed by atoms with Gasteiger partial charge in [-0.3, -0.25) is 9.29 Å². The van der Waals surface area contributed by atoms with E-state index in [9.17, 15) is 8.42 Å². The van der Waals surface area contributed by atoms with Gasteiger partial charge in [0.25, 0.3) is 10.0 Å². The molecule has 0 atom stereocenters. The fourth-order valence-corrected chi connectivity index (χ4v) is 6.25. The third-order valence-electron chi connectivity index (χ3n) is 5.53. The Morgan fingerprint density at radius 2 is 1.91 bits per heavy atom. The topological polar surface area (TPSA) is 50.3 Å². The van der Waals surface area contributed by atoms with Crippen molar-refractivity contribution >= 4 is 39.2 Å². The summed E-state index contributed by atoms with van der Waals surface area (Å²) in [5.74, 6) is 0. The predicted octanol–water partition coefficient (Wildman–Crippen LogP) is 4.63. The van der Waals surface area contributed by atoms with Gasteiger partial charge in [-0.15, -0.1) is 11.3 Å². The summed E-state index contributed by atoms with van der Waals surface area (Å²) >= 11 is 1.58. The lowest BCUT2D eigenvalue weighted by Crippen LogP contribution is -2.36. The molecule has 4 rings (SSSR count). The van der Waals surface area contributed by atoms with E-state index in [4.69, 9.17) is 4.98 Å². The molecule has 0 fully saturated rings. The lowest BCUT2D eigenvalue weighted by Gasteiger charge is -2.30. The van der Waals surface area contributed by atoms with Crippen molar-refractivity contribution in [2.45, 2.75) is 19.8 Å². The van der Waals surface area contributed by atoms with Crippen LogP contribution in [-0.4, -0.2) is 27.2 Å². The largest absolute Gasteiger partial charge is 0.266 e. The summed E-state index contributed by atoms with van der Waals surface area (Å²) in [6.45, 7) is 6.19. The Bertz CT molecular complexity index is 1280. The SMILES string of the molecule is C=C/C(=C\C(Bc1nc(-c2ccccc2)cs1)=C/C)S(=O)(=O)N1CCCc2ccccc21. The molecule has 3 aromatic rings. The van der Waals surface area contributed by atoms with E-state index in [-0.39, 0.29) is 4.91 Å². The van der Waals surface area contributed by atoms with Gasteiger partial charge in [0.05, 0.1) is 21.2 Å². The normalized spacial score (nSPS) is 14.7. The summed E-state index contributed by atoms with van der Waals surface area (Å²) < 4.78 is 28.6. The van der Waals surface area contributed by atoms with Gasteiger partial charge in [-0.2, -0.15) is 0 Å². The van der Waals surface area contributed by atoms with Gasteiger partial charge in [0.15, 0.2) is 0 Å². The zero-order chi connectivity index (χ0) is 22.6. The second-order valence-electron chi connectivity index (χ2n) is 7.59. The van der Waals surface area contributed by atoms with E-state index in [1.807, 2.05) is 73.0 Å². The highest BCUT2D eigenvalue weighted by atomic mass is 32.2. The number of allylic oxidation sites excluding steroid dienone is 4. The average molecular weight is 460 g/mol. The van der Waals surface area contributed by atoms with E-state index < -0.39 is 10.0 Å². The molecule has 4 nitrogen and oxygen atoms in total. The van der Waals surface area contributed by atoms with Crippen LogP contribution in [0.15, 0.2) is 95.2 Å². The molecule has 0 saturated carbocycles. The number of nitrogens with zero attached hydrogens (tertiary/aromatic N) is 2. The highest BCUT2D eigenvalue weighted by molar-refractivity contribution is 7.96.